The number of hydrogen-bond donors (Lipinski definition) is 0. The molecule has 1 aliphatic heterocycles. The molecule has 1 aliphatic carbocycles. The number of rotatable bonds is 8. The second kappa shape index (κ2) is 11.8. The Kier molecular flexibility index (Phi) is 8.55. The van der Waals surface area contributed by atoms with Gasteiger partial charge in [-0.1, -0.05) is 19.3 Å². The Morgan fingerprint density at radius 1 is 1.03 bits per heavy atom. The maximum absolute atomic E-state index is 12.9. The number of Topliss-reactive ketones (excluding diaryl/α,β-unsaturated/α-hetero) is 1. The molecule has 2 fully saturated rings. The second-order valence-corrected chi connectivity index (χ2v) is 10.5. The second-order valence-electron chi connectivity index (χ2n) is 9.59. The van der Waals surface area contributed by atoms with E-state index in [0.29, 0.717) is 36.1 Å². The molecule has 0 N–H and O–H groups in total. The average Bonchev–Trinajstić information content (AvgIpc) is 3.41. The third kappa shape index (κ3) is 6.28. The van der Waals surface area contributed by atoms with Gasteiger partial charge in [0.25, 0.3) is 5.91 Å². The summed E-state index contributed by atoms with van der Waals surface area (Å²) in [4.78, 5) is 46.5. The molecule has 2 amide bonds. The fourth-order valence-corrected chi connectivity index (χ4v) is 6.03. The number of ether oxygens (including phenoxy) is 1. The Morgan fingerprint density at radius 2 is 1.71 bits per heavy atom. The van der Waals surface area contributed by atoms with E-state index in [-0.39, 0.29) is 36.4 Å². The third-order valence-electron chi connectivity index (χ3n) is 7.36. The van der Waals surface area contributed by atoms with Gasteiger partial charge in [0.05, 0.1) is 12.1 Å². The zero-order valence-electron chi connectivity index (χ0n) is 20.7. The highest BCUT2D eigenvalue weighted by Crippen LogP contribution is 2.31. The van der Waals surface area contributed by atoms with Crippen LogP contribution in [0.1, 0.15) is 89.6 Å². The minimum Gasteiger partial charge on any atom is -0.497 e. The number of amides is 2. The number of benzene rings is 1. The van der Waals surface area contributed by atoms with Crippen LogP contribution in [0.3, 0.4) is 0 Å². The minimum absolute atomic E-state index is 0.0218. The van der Waals surface area contributed by atoms with Gasteiger partial charge in [-0.2, -0.15) is 0 Å². The number of hydrogen-bond acceptors (Lipinski definition) is 6. The van der Waals surface area contributed by atoms with Crippen LogP contribution in [0.4, 0.5) is 0 Å². The van der Waals surface area contributed by atoms with Crippen LogP contribution in [0.2, 0.25) is 0 Å². The third-order valence-corrected chi connectivity index (χ3v) is 8.37. The molecule has 2 aromatic rings. The number of aromatic nitrogens is 1. The van der Waals surface area contributed by atoms with E-state index in [2.05, 4.69) is 0 Å². The van der Waals surface area contributed by atoms with Crippen molar-refractivity contribution in [2.24, 2.45) is 0 Å². The van der Waals surface area contributed by atoms with Crippen molar-refractivity contribution >= 4 is 28.9 Å². The summed E-state index contributed by atoms with van der Waals surface area (Å²) in [5.41, 5.74) is 1.15. The zero-order valence-corrected chi connectivity index (χ0v) is 21.5. The molecule has 0 spiro atoms. The van der Waals surface area contributed by atoms with Gasteiger partial charge >= 0.3 is 0 Å². The Labute approximate surface area is 211 Å². The summed E-state index contributed by atoms with van der Waals surface area (Å²) < 4.78 is 5.12. The molecule has 1 saturated heterocycles. The first-order chi connectivity index (χ1) is 17.0. The largest absolute Gasteiger partial charge is 0.497 e. The van der Waals surface area contributed by atoms with Gasteiger partial charge < -0.3 is 14.5 Å². The molecule has 0 unspecified atom stereocenters. The van der Waals surface area contributed by atoms with Crippen molar-refractivity contribution in [2.45, 2.75) is 69.7 Å². The van der Waals surface area contributed by atoms with E-state index in [1.54, 1.807) is 42.7 Å². The van der Waals surface area contributed by atoms with Crippen LogP contribution in [-0.4, -0.2) is 65.7 Å². The minimum atomic E-state index is -0.0333. The Morgan fingerprint density at radius 3 is 2.37 bits per heavy atom. The van der Waals surface area contributed by atoms with Gasteiger partial charge in [0, 0.05) is 55.9 Å². The Balaban J connectivity index is 1.24. The van der Waals surface area contributed by atoms with E-state index in [4.69, 9.17) is 9.72 Å². The number of piperidine rings is 1. The van der Waals surface area contributed by atoms with Crippen molar-refractivity contribution in [1.29, 1.82) is 0 Å². The lowest BCUT2D eigenvalue weighted by Crippen LogP contribution is -2.38. The van der Waals surface area contributed by atoms with Crippen molar-refractivity contribution in [1.82, 2.24) is 14.8 Å². The molecule has 1 saturated carbocycles. The van der Waals surface area contributed by atoms with Crippen molar-refractivity contribution in [3.63, 3.8) is 0 Å². The SMILES string of the molecule is COc1ccc(C(=O)CCC(=O)N2CCC(c3nc(C(=O)N(C)C4CCCCC4)cs3)CC2)cc1. The molecule has 1 aromatic carbocycles. The average molecular weight is 498 g/mol. The first-order valence-electron chi connectivity index (χ1n) is 12.6. The molecule has 7 nitrogen and oxygen atoms in total. The standard InChI is InChI=1S/C27H35N3O4S/c1-29(21-6-4-3-5-7-21)27(33)23-18-35-26(28-23)20-14-16-30(17-15-20)25(32)13-12-24(31)19-8-10-22(34-2)11-9-19/h8-11,18,20-21H,3-7,12-17H2,1-2H3. The van der Waals surface area contributed by atoms with E-state index in [1.165, 1.54) is 19.3 Å². The van der Waals surface area contributed by atoms with Crippen molar-refractivity contribution in [3.8, 4) is 5.75 Å². The number of likely N-dealkylation sites (tertiary alicyclic amines) is 1. The van der Waals surface area contributed by atoms with Crippen LogP contribution in [0, 0.1) is 0 Å². The number of methoxy groups -OCH3 is 1. The highest BCUT2D eigenvalue weighted by Gasteiger charge is 2.28. The summed E-state index contributed by atoms with van der Waals surface area (Å²) >= 11 is 1.56. The summed E-state index contributed by atoms with van der Waals surface area (Å²) in [5, 5.41) is 2.88. The van der Waals surface area contributed by atoms with Crippen LogP contribution in [0.5, 0.6) is 5.75 Å². The van der Waals surface area contributed by atoms with Crippen LogP contribution < -0.4 is 4.74 Å². The summed E-state index contributed by atoms with van der Waals surface area (Å²) in [6.45, 7) is 1.32. The molecule has 8 heteroatoms. The lowest BCUT2D eigenvalue weighted by Gasteiger charge is -2.31. The van der Waals surface area contributed by atoms with Crippen molar-refractivity contribution in [3.05, 3.63) is 45.9 Å². The van der Waals surface area contributed by atoms with Gasteiger partial charge in [-0.15, -0.1) is 11.3 Å². The lowest BCUT2D eigenvalue weighted by molar-refractivity contribution is -0.132. The molecule has 0 radical (unpaired) electrons. The van der Waals surface area contributed by atoms with Crippen LogP contribution in [0.25, 0.3) is 0 Å². The maximum atomic E-state index is 12.9. The van der Waals surface area contributed by atoms with Gasteiger partial charge in [0.15, 0.2) is 5.78 Å². The summed E-state index contributed by atoms with van der Waals surface area (Å²) in [6, 6.07) is 7.30. The molecule has 2 aliphatic rings. The summed E-state index contributed by atoms with van der Waals surface area (Å²) in [5.74, 6) is 0.983. The highest BCUT2D eigenvalue weighted by molar-refractivity contribution is 7.09. The van der Waals surface area contributed by atoms with Crippen molar-refractivity contribution < 1.29 is 19.1 Å². The summed E-state index contributed by atoms with van der Waals surface area (Å²) in [6.07, 6.45) is 7.90. The van der Waals surface area contributed by atoms with Gasteiger partial charge in [0.1, 0.15) is 11.4 Å². The number of carbonyl (C=O) groups is 3. The molecule has 35 heavy (non-hydrogen) atoms. The topological polar surface area (TPSA) is 79.8 Å². The molecule has 0 atom stereocenters. The van der Waals surface area contributed by atoms with Crippen LogP contribution in [-0.2, 0) is 4.79 Å². The molecule has 1 aromatic heterocycles. The first kappa shape index (κ1) is 25.4. The monoisotopic (exact) mass is 497 g/mol. The van der Waals surface area contributed by atoms with Gasteiger partial charge in [-0.25, -0.2) is 4.98 Å². The predicted molar refractivity (Wildman–Crippen MR) is 136 cm³/mol. The van der Waals surface area contributed by atoms with E-state index in [1.807, 2.05) is 22.2 Å². The molecule has 2 heterocycles. The lowest BCUT2D eigenvalue weighted by atomic mass is 9.94. The molecule has 188 valence electrons. The Hall–Kier alpha value is -2.74. The normalized spacial score (nSPS) is 17.3. The maximum Gasteiger partial charge on any atom is 0.273 e. The highest BCUT2D eigenvalue weighted by atomic mass is 32.1. The number of carbonyl (C=O) groups excluding carboxylic acids is 3. The zero-order chi connectivity index (χ0) is 24.8. The molecule has 4 rings (SSSR count). The fraction of sp³-hybridized carbons (Fsp3) is 0.556. The van der Waals surface area contributed by atoms with E-state index in [0.717, 1.165) is 30.7 Å². The number of ketones is 1. The van der Waals surface area contributed by atoms with Gasteiger partial charge in [-0.3, -0.25) is 14.4 Å². The quantitative estimate of drug-likeness (QED) is 0.484. The summed E-state index contributed by atoms with van der Waals surface area (Å²) in [7, 11) is 3.49. The molecule has 0 bridgehead atoms. The fourth-order valence-electron chi connectivity index (χ4n) is 5.06. The number of thiazole rings is 1. The predicted octanol–water partition coefficient (Wildman–Crippen LogP) is 4.93. The first-order valence-corrected chi connectivity index (χ1v) is 13.5. The Bertz CT molecular complexity index is 1020. The van der Waals surface area contributed by atoms with E-state index in [9.17, 15) is 14.4 Å². The molecular weight excluding hydrogens is 462 g/mol. The van der Waals surface area contributed by atoms with Gasteiger partial charge in [-0.05, 0) is 49.9 Å². The van der Waals surface area contributed by atoms with E-state index >= 15 is 0 Å². The van der Waals surface area contributed by atoms with Crippen LogP contribution in [0.15, 0.2) is 29.6 Å². The van der Waals surface area contributed by atoms with Crippen LogP contribution >= 0.6 is 11.3 Å². The van der Waals surface area contributed by atoms with Crippen molar-refractivity contribution in [2.75, 3.05) is 27.2 Å². The number of nitrogens with zero attached hydrogens (tertiary/aromatic N) is 3. The smallest absolute Gasteiger partial charge is 0.273 e. The molecular formula is C27H35N3O4S. The van der Waals surface area contributed by atoms with E-state index < -0.39 is 0 Å². The van der Waals surface area contributed by atoms with Gasteiger partial charge in [0.2, 0.25) is 5.91 Å².